The molecule has 0 spiro atoms. The van der Waals surface area contributed by atoms with Crippen LogP contribution in [0.5, 0.6) is 0 Å². The second kappa shape index (κ2) is 7.39. The molecule has 26 heavy (non-hydrogen) atoms. The Hall–Kier alpha value is -1.89. The van der Waals surface area contributed by atoms with E-state index >= 15 is 0 Å². The van der Waals surface area contributed by atoms with Gasteiger partial charge >= 0.3 is 0 Å². The molecule has 1 aliphatic carbocycles. The van der Waals surface area contributed by atoms with Gasteiger partial charge in [-0.15, -0.1) is 0 Å². The lowest BCUT2D eigenvalue weighted by Gasteiger charge is -2.29. The lowest BCUT2D eigenvalue weighted by Crippen LogP contribution is -2.15. The molecule has 0 aliphatic heterocycles. The van der Waals surface area contributed by atoms with Crippen LogP contribution in [-0.2, 0) is 12.8 Å². The van der Waals surface area contributed by atoms with Crippen molar-refractivity contribution >= 4 is 5.57 Å². The minimum atomic E-state index is -0.0820. The molecule has 0 nitrogen and oxygen atoms in total. The van der Waals surface area contributed by atoms with Crippen LogP contribution in [-0.4, -0.2) is 0 Å². The van der Waals surface area contributed by atoms with E-state index in [1.165, 1.54) is 39.8 Å². The summed E-state index contributed by atoms with van der Waals surface area (Å²) in [6, 6.07) is 10.3. The standard InChI is InChI=1S/C25H31F/c1-17-6-7-18(2)21(16-17)8-9-22-19(3)24(26)11-10-23(22)20-12-14-25(4,5)15-13-20/h6-7,10-12,16H,8-9,13-15H2,1-5H3. The summed E-state index contributed by atoms with van der Waals surface area (Å²) < 4.78 is 14.3. The van der Waals surface area contributed by atoms with E-state index in [1.54, 1.807) is 6.07 Å². The molecule has 1 heteroatoms. The Kier molecular flexibility index (Phi) is 5.37. The number of rotatable bonds is 4. The second-order valence-electron chi connectivity index (χ2n) is 8.73. The van der Waals surface area contributed by atoms with Gasteiger partial charge in [0.05, 0.1) is 0 Å². The smallest absolute Gasteiger partial charge is 0.126 e. The average Bonchev–Trinajstić information content (AvgIpc) is 2.59. The molecule has 1 aliphatic rings. The van der Waals surface area contributed by atoms with Crippen LogP contribution < -0.4 is 0 Å². The van der Waals surface area contributed by atoms with E-state index in [9.17, 15) is 4.39 Å². The maximum Gasteiger partial charge on any atom is 0.126 e. The number of allylic oxidation sites excluding steroid dienone is 2. The van der Waals surface area contributed by atoms with Gasteiger partial charge in [0.1, 0.15) is 5.82 Å². The van der Waals surface area contributed by atoms with Crippen LogP contribution in [0.4, 0.5) is 4.39 Å². The highest BCUT2D eigenvalue weighted by atomic mass is 19.1. The third kappa shape index (κ3) is 4.09. The summed E-state index contributed by atoms with van der Waals surface area (Å²) in [5, 5.41) is 0. The fourth-order valence-electron chi connectivity index (χ4n) is 4.00. The summed E-state index contributed by atoms with van der Waals surface area (Å²) in [6.07, 6.45) is 7.64. The molecule has 0 amide bonds. The van der Waals surface area contributed by atoms with Crippen molar-refractivity contribution in [3.8, 4) is 0 Å². The van der Waals surface area contributed by atoms with Crippen LogP contribution in [0.3, 0.4) is 0 Å². The van der Waals surface area contributed by atoms with Crippen molar-refractivity contribution in [2.75, 3.05) is 0 Å². The molecule has 0 aromatic heterocycles. The highest BCUT2D eigenvalue weighted by Crippen LogP contribution is 2.39. The SMILES string of the molecule is Cc1ccc(C)c(CCc2c(C3=CCC(C)(C)CC3)ccc(F)c2C)c1. The quantitative estimate of drug-likeness (QED) is 0.550. The predicted octanol–water partition coefficient (Wildman–Crippen LogP) is 7.13. The largest absolute Gasteiger partial charge is 0.207 e. The van der Waals surface area contributed by atoms with Crippen LogP contribution in [0.1, 0.15) is 66.5 Å². The van der Waals surface area contributed by atoms with Gasteiger partial charge in [0.15, 0.2) is 0 Å². The monoisotopic (exact) mass is 350 g/mol. The molecule has 2 aromatic carbocycles. The lowest BCUT2D eigenvalue weighted by atomic mass is 9.76. The Labute approximate surface area is 158 Å². The fraction of sp³-hybridized carbons (Fsp3) is 0.440. The molecule has 138 valence electrons. The van der Waals surface area contributed by atoms with Crippen LogP contribution in [0.15, 0.2) is 36.4 Å². The minimum Gasteiger partial charge on any atom is -0.207 e. The molecule has 0 radical (unpaired) electrons. The number of halogens is 1. The number of aryl methyl sites for hydroxylation is 3. The number of hydrogen-bond donors (Lipinski definition) is 0. The van der Waals surface area contributed by atoms with Gasteiger partial charge in [0, 0.05) is 0 Å². The van der Waals surface area contributed by atoms with Gasteiger partial charge in [-0.1, -0.05) is 49.8 Å². The van der Waals surface area contributed by atoms with Crippen molar-refractivity contribution < 1.29 is 4.39 Å². The first-order valence-corrected chi connectivity index (χ1v) is 9.80. The summed E-state index contributed by atoms with van der Waals surface area (Å²) >= 11 is 0. The highest BCUT2D eigenvalue weighted by molar-refractivity contribution is 5.70. The molecular formula is C25H31F. The van der Waals surface area contributed by atoms with Crippen LogP contribution in [0.25, 0.3) is 5.57 Å². The first-order valence-electron chi connectivity index (χ1n) is 9.80. The van der Waals surface area contributed by atoms with Gasteiger partial charge in [0.25, 0.3) is 0 Å². The van der Waals surface area contributed by atoms with Crippen molar-refractivity contribution in [3.05, 3.63) is 75.6 Å². The lowest BCUT2D eigenvalue weighted by molar-refractivity contribution is 0.335. The molecule has 3 rings (SSSR count). The van der Waals surface area contributed by atoms with E-state index in [1.807, 2.05) is 13.0 Å². The fourth-order valence-corrected chi connectivity index (χ4v) is 4.00. The third-order valence-corrected chi connectivity index (χ3v) is 6.00. The van der Waals surface area contributed by atoms with E-state index in [-0.39, 0.29) is 5.82 Å². The zero-order chi connectivity index (χ0) is 18.9. The Bertz CT molecular complexity index is 839. The zero-order valence-electron chi connectivity index (χ0n) is 16.9. The van der Waals surface area contributed by atoms with E-state index in [2.05, 4.69) is 52.0 Å². The van der Waals surface area contributed by atoms with Crippen molar-refractivity contribution in [1.82, 2.24) is 0 Å². The first-order chi connectivity index (χ1) is 12.3. The van der Waals surface area contributed by atoms with Gasteiger partial charge in [0.2, 0.25) is 0 Å². The molecular weight excluding hydrogens is 319 g/mol. The summed E-state index contributed by atoms with van der Waals surface area (Å²) in [5.74, 6) is -0.0820. The molecule has 0 fully saturated rings. The van der Waals surface area contributed by atoms with Crippen molar-refractivity contribution in [3.63, 3.8) is 0 Å². The van der Waals surface area contributed by atoms with Crippen molar-refractivity contribution in [2.24, 2.45) is 5.41 Å². The molecule has 0 unspecified atom stereocenters. The van der Waals surface area contributed by atoms with Gasteiger partial charge in [-0.2, -0.15) is 0 Å². The zero-order valence-corrected chi connectivity index (χ0v) is 16.9. The summed E-state index contributed by atoms with van der Waals surface area (Å²) in [4.78, 5) is 0. The Balaban J connectivity index is 1.92. The minimum absolute atomic E-state index is 0.0820. The second-order valence-corrected chi connectivity index (χ2v) is 8.73. The highest BCUT2D eigenvalue weighted by Gasteiger charge is 2.23. The molecule has 0 atom stereocenters. The van der Waals surface area contributed by atoms with E-state index in [4.69, 9.17) is 0 Å². The normalized spacial score (nSPS) is 16.5. The first kappa shape index (κ1) is 18.9. The van der Waals surface area contributed by atoms with Gasteiger partial charge < -0.3 is 0 Å². The number of hydrogen-bond acceptors (Lipinski definition) is 0. The third-order valence-electron chi connectivity index (χ3n) is 6.00. The van der Waals surface area contributed by atoms with Crippen molar-refractivity contribution in [1.29, 1.82) is 0 Å². The Morgan fingerprint density at radius 2 is 1.77 bits per heavy atom. The predicted molar refractivity (Wildman–Crippen MR) is 110 cm³/mol. The van der Waals surface area contributed by atoms with Gasteiger partial charge in [-0.25, -0.2) is 4.39 Å². The van der Waals surface area contributed by atoms with Crippen molar-refractivity contribution in [2.45, 2.75) is 66.7 Å². The van der Waals surface area contributed by atoms with E-state index < -0.39 is 0 Å². The van der Waals surface area contributed by atoms with Crippen LogP contribution in [0, 0.1) is 32.0 Å². The van der Waals surface area contributed by atoms with E-state index in [0.29, 0.717) is 5.41 Å². The van der Waals surface area contributed by atoms with Gasteiger partial charge in [-0.3, -0.25) is 0 Å². The molecule has 0 saturated heterocycles. The molecule has 0 heterocycles. The van der Waals surface area contributed by atoms with Gasteiger partial charge in [-0.05, 0) is 97.7 Å². The van der Waals surface area contributed by atoms with Crippen LogP contribution in [0.2, 0.25) is 0 Å². The van der Waals surface area contributed by atoms with Crippen LogP contribution >= 0.6 is 0 Å². The Morgan fingerprint density at radius 1 is 1.00 bits per heavy atom. The summed E-state index contributed by atoms with van der Waals surface area (Å²) in [7, 11) is 0. The molecule has 2 aromatic rings. The topological polar surface area (TPSA) is 0 Å². The molecule has 0 N–H and O–H groups in total. The average molecular weight is 351 g/mol. The maximum atomic E-state index is 14.3. The Morgan fingerprint density at radius 3 is 2.46 bits per heavy atom. The molecule has 0 bridgehead atoms. The van der Waals surface area contributed by atoms with E-state index in [0.717, 1.165) is 31.2 Å². The summed E-state index contributed by atoms with van der Waals surface area (Å²) in [6.45, 7) is 10.9. The number of benzene rings is 2. The maximum absolute atomic E-state index is 14.3. The summed E-state index contributed by atoms with van der Waals surface area (Å²) in [5.41, 5.74) is 9.06. The molecule has 0 saturated carbocycles.